The van der Waals surface area contributed by atoms with Gasteiger partial charge in [0.1, 0.15) is 0 Å². The van der Waals surface area contributed by atoms with Crippen molar-refractivity contribution in [1.82, 2.24) is 0 Å². The molecule has 0 saturated carbocycles. The average molecular weight is 376 g/mol. The normalized spacial score (nSPS) is 13.7. The largest absolute Gasteiger partial charge is 1.00 e. The van der Waals surface area contributed by atoms with E-state index in [1.807, 2.05) is 0 Å². The molecule has 0 saturated heterocycles. The van der Waals surface area contributed by atoms with E-state index in [1.54, 1.807) is 24.3 Å². The monoisotopic (exact) mass is 375 g/mol. The fourth-order valence-electron chi connectivity index (χ4n) is 2.41. The fourth-order valence-corrected chi connectivity index (χ4v) is 3.13. The first-order valence-electron chi connectivity index (χ1n) is 6.49. The summed E-state index contributed by atoms with van der Waals surface area (Å²) >= 11 is 5.90. The van der Waals surface area contributed by atoms with E-state index < -0.39 is 26.7 Å². The van der Waals surface area contributed by atoms with Gasteiger partial charge in [-0.15, -0.1) is 0 Å². The topological polar surface area (TPSA) is 91.8 Å². The number of hydrogen-bond donors (Lipinski definition) is 1. The van der Waals surface area contributed by atoms with E-state index in [-0.39, 0.29) is 43.1 Å². The Bertz CT molecular complexity index is 951. The first kappa shape index (κ1) is 19.1. The summed E-state index contributed by atoms with van der Waals surface area (Å²) in [7, 11) is -4.45. The minimum Gasteiger partial charge on any atom is -1.00 e. The van der Waals surface area contributed by atoms with Crippen LogP contribution in [0.2, 0.25) is 5.02 Å². The summed E-state index contributed by atoms with van der Waals surface area (Å²) in [6, 6.07) is 10.3. The summed E-state index contributed by atoms with van der Waals surface area (Å²) in [6.45, 7) is 0.128. The van der Waals surface area contributed by atoms with Gasteiger partial charge in [0, 0.05) is 5.02 Å². The molecule has 1 aliphatic heterocycles. The van der Waals surface area contributed by atoms with E-state index in [0.717, 1.165) is 17.7 Å². The summed E-state index contributed by atoms with van der Waals surface area (Å²) in [5.41, 5.74) is 0.977. The molecule has 2 aromatic rings. The Morgan fingerprint density at radius 1 is 1.12 bits per heavy atom. The van der Waals surface area contributed by atoms with Gasteiger partial charge in [-0.2, -0.15) is 8.42 Å². The number of nitrogens with zero attached hydrogens (tertiary/aromatic N) is 1. The van der Waals surface area contributed by atoms with Gasteiger partial charge in [-0.1, -0.05) is 23.7 Å². The minimum atomic E-state index is -4.45. The second-order valence-electron chi connectivity index (χ2n) is 5.00. The number of anilines is 1. The maximum atomic E-state index is 12.1. The predicted octanol–water partition coefficient (Wildman–Crippen LogP) is -0.567. The van der Waals surface area contributed by atoms with Crippen LogP contribution in [0.5, 0.6) is 0 Å². The molecule has 1 amide bonds. The van der Waals surface area contributed by atoms with Crippen LogP contribution in [0.15, 0.2) is 47.4 Å². The molecule has 0 spiro atoms. The molecule has 0 aromatic heterocycles. The predicted molar refractivity (Wildman–Crippen MR) is 84.3 cm³/mol. The summed E-state index contributed by atoms with van der Waals surface area (Å²) < 4.78 is 31.4. The van der Waals surface area contributed by atoms with E-state index in [2.05, 4.69) is 0 Å². The van der Waals surface area contributed by atoms with Gasteiger partial charge in [0.2, 0.25) is 0 Å². The van der Waals surface area contributed by atoms with Crippen molar-refractivity contribution >= 4 is 39.1 Å². The van der Waals surface area contributed by atoms with Crippen molar-refractivity contribution in [3.05, 3.63) is 58.6 Å². The Morgan fingerprint density at radius 3 is 2.46 bits per heavy atom. The number of carbonyl (C=O) groups excluding carboxylic acids is 2. The second kappa shape index (κ2) is 6.95. The zero-order valence-electron chi connectivity index (χ0n) is 13.6. The molecule has 24 heavy (non-hydrogen) atoms. The molecule has 3 rings (SSSR count). The van der Waals surface area contributed by atoms with Crippen molar-refractivity contribution in [2.45, 2.75) is 11.4 Å². The number of halogens is 1. The van der Waals surface area contributed by atoms with Gasteiger partial charge in [-0.3, -0.25) is 14.1 Å². The van der Waals surface area contributed by atoms with Crippen LogP contribution in [0.25, 0.3) is 0 Å². The van der Waals surface area contributed by atoms with Crippen LogP contribution in [-0.2, 0) is 21.5 Å². The zero-order valence-corrected chi connectivity index (χ0v) is 16.1. The molecular formula is C15H11ClNNaO5S. The zero-order chi connectivity index (χ0) is 16.8. The van der Waals surface area contributed by atoms with E-state index in [0.29, 0.717) is 10.7 Å². The molecule has 1 N–H and O–H groups in total. The van der Waals surface area contributed by atoms with Gasteiger partial charge >= 0.3 is 29.6 Å². The van der Waals surface area contributed by atoms with Gasteiger partial charge in [0.05, 0.1) is 22.7 Å². The number of Topliss-reactive ketones (excluding diaryl/α,β-unsaturated/α-hetero) is 1. The van der Waals surface area contributed by atoms with Crippen LogP contribution in [0.1, 0.15) is 17.3 Å². The number of benzene rings is 2. The van der Waals surface area contributed by atoms with Crippen molar-refractivity contribution in [2.24, 2.45) is 0 Å². The van der Waals surface area contributed by atoms with Crippen LogP contribution in [0, 0.1) is 0 Å². The second-order valence-corrected chi connectivity index (χ2v) is 6.86. The van der Waals surface area contributed by atoms with Gasteiger partial charge in [0.25, 0.3) is 21.8 Å². The number of fused-ring (bicyclic) bond motifs is 1. The molecule has 120 valence electrons. The Kier molecular flexibility index (Phi) is 5.54. The van der Waals surface area contributed by atoms with Crippen LogP contribution in [-0.4, -0.2) is 24.7 Å². The summed E-state index contributed by atoms with van der Waals surface area (Å²) in [6.07, 6.45) is 0. The molecule has 1 aliphatic rings. The Morgan fingerprint density at radius 2 is 1.83 bits per heavy atom. The Balaban J connectivity index is 0.00000156. The standard InChI is InChI=1S/C15H10ClNO5S.Na.H/c16-10-3-1-2-9(6-10)8-17-13-5-4-11(23(20,21)22)7-12(13)14(18)15(17)19;;/h1-7H,8H2,(H,20,21,22);;/q;+1;-1. The molecule has 0 fully saturated rings. The van der Waals surface area contributed by atoms with Crippen LogP contribution >= 0.6 is 11.6 Å². The van der Waals surface area contributed by atoms with E-state index in [4.69, 9.17) is 16.2 Å². The van der Waals surface area contributed by atoms with Crippen molar-refractivity contribution in [3.8, 4) is 0 Å². The number of ketones is 1. The Labute approximate surface area is 166 Å². The maximum absolute atomic E-state index is 12.1. The first-order valence-corrected chi connectivity index (χ1v) is 8.31. The third-order valence-corrected chi connectivity index (χ3v) is 4.56. The van der Waals surface area contributed by atoms with Gasteiger partial charge in [-0.25, -0.2) is 0 Å². The number of amides is 1. The van der Waals surface area contributed by atoms with Gasteiger partial charge < -0.3 is 6.33 Å². The molecule has 1 heterocycles. The SMILES string of the molecule is O=C1C(=O)N(Cc2cccc(Cl)c2)c2ccc(S(=O)(=O)O)cc21.[H-].[Na+]. The molecule has 9 heteroatoms. The fraction of sp³-hybridized carbons (Fsp3) is 0.0667. The molecule has 0 radical (unpaired) electrons. The number of rotatable bonds is 3. The van der Waals surface area contributed by atoms with E-state index in [9.17, 15) is 18.0 Å². The minimum absolute atomic E-state index is 0. The summed E-state index contributed by atoms with van der Waals surface area (Å²) in [5, 5.41) is 0.502. The molecular weight excluding hydrogens is 365 g/mol. The van der Waals surface area contributed by atoms with Gasteiger partial charge in [0.15, 0.2) is 0 Å². The number of hydrogen-bond acceptors (Lipinski definition) is 4. The molecule has 2 aromatic carbocycles. The third-order valence-electron chi connectivity index (χ3n) is 3.47. The molecule has 6 nitrogen and oxygen atoms in total. The summed E-state index contributed by atoms with van der Waals surface area (Å²) in [4.78, 5) is 25.0. The van der Waals surface area contributed by atoms with Gasteiger partial charge in [-0.05, 0) is 35.9 Å². The van der Waals surface area contributed by atoms with Crippen molar-refractivity contribution in [2.75, 3.05) is 4.90 Å². The molecule has 0 bridgehead atoms. The molecule has 0 atom stereocenters. The average Bonchev–Trinajstić information content (AvgIpc) is 2.71. The summed E-state index contributed by atoms with van der Waals surface area (Å²) in [5.74, 6) is -1.57. The van der Waals surface area contributed by atoms with Crippen molar-refractivity contribution in [1.29, 1.82) is 0 Å². The van der Waals surface area contributed by atoms with E-state index in [1.165, 1.54) is 11.0 Å². The quantitative estimate of drug-likeness (QED) is 0.441. The number of carbonyl (C=O) groups is 2. The smallest absolute Gasteiger partial charge is 1.00 e. The Hall–Kier alpha value is -1.22. The van der Waals surface area contributed by atoms with Crippen molar-refractivity contribution in [3.63, 3.8) is 0 Å². The van der Waals surface area contributed by atoms with Crippen LogP contribution in [0.3, 0.4) is 0 Å². The van der Waals surface area contributed by atoms with Crippen LogP contribution in [0.4, 0.5) is 5.69 Å². The molecule has 0 unspecified atom stereocenters. The van der Waals surface area contributed by atoms with Crippen LogP contribution < -0.4 is 34.5 Å². The maximum Gasteiger partial charge on any atom is 1.00 e. The van der Waals surface area contributed by atoms with E-state index >= 15 is 0 Å². The first-order chi connectivity index (χ1) is 10.8. The molecule has 0 aliphatic carbocycles. The van der Waals surface area contributed by atoms with Crippen molar-refractivity contribution < 1.29 is 53.5 Å². The third kappa shape index (κ3) is 3.56.